The molecule has 0 spiro atoms. The molecule has 1 rings (SSSR count). The van der Waals surface area contributed by atoms with Crippen LogP contribution in [0.15, 0.2) is 16.8 Å². The Bertz CT molecular complexity index is 422. The SMILES string of the molecule is CC(C=O)(CCc1ccsc1)NC(=O)OC(C)(C)C. The van der Waals surface area contributed by atoms with Gasteiger partial charge in [-0.1, -0.05) is 0 Å². The number of carbonyl (C=O) groups is 2. The van der Waals surface area contributed by atoms with Crippen LogP contribution in [0.2, 0.25) is 0 Å². The van der Waals surface area contributed by atoms with E-state index in [9.17, 15) is 9.59 Å². The van der Waals surface area contributed by atoms with Crippen molar-refractivity contribution in [2.24, 2.45) is 0 Å². The van der Waals surface area contributed by atoms with Gasteiger partial charge in [-0.2, -0.15) is 11.3 Å². The van der Waals surface area contributed by atoms with Crippen LogP contribution in [0.5, 0.6) is 0 Å². The van der Waals surface area contributed by atoms with E-state index in [1.54, 1.807) is 39.0 Å². The molecule has 19 heavy (non-hydrogen) atoms. The number of nitrogens with one attached hydrogen (secondary N) is 1. The highest BCUT2D eigenvalue weighted by atomic mass is 32.1. The molecule has 0 aromatic carbocycles. The second-order valence-corrected chi connectivity index (χ2v) is 6.57. The van der Waals surface area contributed by atoms with Gasteiger partial charge >= 0.3 is 6.09 Å². The van der Waals surface area contributed by atoms with E-state index >= 15 is 0 Å². The van der Waals surface area contributed by atoms with E-state index in [1.165, 1.54) is 5.56 Å². The zero-order valence-electron chi connectivity index (χ0n) is 11.9. The lowest BCUT2D eigenvalue weighted by atomic mass is 9.96. The maximum absolute atomic E-state index is 11.7. The summed E-state index contributed by atoms with van der Waals surface area (Å²) in [7, 11) is 0. The number of aryl methyl sites for hydroxylation is 1. The number of thiophene rings is 1. The fraction of sp³-hybridized carbons (Fsp3) is 0.571. The highest BCUT2D eigenvalue weighted by molar-refractivity contribution is 7.07. The van der Waals surface area contributed by atoms with Gasteiger partial charge in [0.15, 0.2) is 0 Å². The van der Waals surface area contributed by atoms with Crippen LogP contribution in [0.3, 0.4) is 0 Å². The van der Waals surface area contributed by atoms with Crippen LogP contribution in [0, 0.1) is 0 Å². The minimum absolute atomic E-state index is 0.548. The summed E-state index contributed by atoms with van der Waals surface area (Å²) in [6.07, 6.45) is 1.50. The summed E-state index contributed by atoms with van der Waals surface area (Å²) in [5.74, 6) is 0. The summed E-state index contributed by atoms with van der Waals surface area (Å²) in [5, 5.41) is 6.67. The third-order valence-corrected chi connectivity index (χ3v) is 3.29. The Labute approximate surface area is 118 Å². The zero-order valence-corrected chi connectivity index (χ0v) is 12.7. The molecule has 1 aromatic rings. The van der Waals surface area contributed by atoms with Crippen molar-refractivity contribution in [1.29, 1.82) is 0 Å². The molecule has 0 aliphatic rings. The standard InChI is InChI=1S/C14H21NO3S/c1-13(2,3)18-12(17)15-14(4,10-16)7-5-11-6-8-19-9-11/h6,8-10H,5,7H2,1-4H3,(H,15,17). The zero-order chi connectivity index (χ0) is 14.5. The van der Waals surface area contributed by atoms with Gasteiger partial charge in [0.25, 0.3) is 0 Å². The molecule has 1 atom stereocenters. The number of amides is 1. The Morgan fingerprint density at radius 1 is 1.42 bits per heavy atom. The molecule has 0 bridgehead atoms. The van der Waals surface area contributed by atoms with Crippen molar-refractivity contribution in [3.63, 3.8) is 0 Å². The highest BCUT2D eigenvalue weighted by Crippen LogP contribution is 2.16. The van der Waals surface area contributed by atoms with E-state index in [0.717, 1.165) is 12.7 Å². The molecular formula is C14H21NO3S. The Hall–Kier alpha value is -1.36. The molecule has 0 aliphatic heterocycles. The van der Waals surface area contributed by atoms with Crippen molar-refractivity contribution in [3.05, 3.63) is 22.4 Å². The van der Waals surface area contributed by atoms with Crippen molar-refractivity contribution in [2.75, 3.05) is 0 Å². The summed E-state index contributed by atoms with van der Waals surface area (Å²) in [6.45, 7) is 7.07. The molecule has 0 fully saturated rings. The van der Waals surface area contributed by atoms with Crippen molar-refractivity contribution >= 4 is 23.7 Å². The van der Waals surface area contributed by atoms with E-state index < -0.39 is 17.2 Å². The lowest BCUT2D eigenvalue weighted by Crippen LogP contribution is -2.49. The molecule has 0 radical (unpaired) electrons. The normalized spacial score (nSPS) is 14.5. The van der Waals surface area contributed by atoms with Crippen LogP contribution in [0.25, 0.3) is 0 Å². The smallest absolute Gasteiger partial charge is 0.408 e. The van der Waals surface area contributed by atoms with E-state index in [1.807, 2.05) is 16.8 Å². The predicted octanol–water partition coefficient (Wildman–Crippen LogP) is 3.16. The van der Waals surface area contributed by atoms with Gasteiger partial charge in [0.2, 0.25) is 0 Å². The van der Waals surface area contributed by atoms with Gasteiger partial charge in [0, 0.05) is 0 Å². The first-order valence-electron chi connectivity index (χ1n) is 6.23. The molecule has 0 saturated heterocycles. The summed E-state index contributed by atoms with van der Waals surface area (Å²) in [5.41, 5.74) is -0.296. The van der Waals surface area contributed by atoms with Crippen LogP contribution < -0.4 is 5.32 Å². The second kappa shape index (κ2) is 6.19. The first-order chi connectivity index (χ1) is 8.74. The number of aldehydes is 1. The molecule has 1 aromatic heterocycles. The quantitative estimate of drug-likeness (QED) is 0.844. The number of ether oxygens (including phenoxy) is 1. The van der Waals surface area contributed by atoms with Crippen molar-refractivity contribution < 1.29 is 14.3 Å². The van der Waals surface area contributed by atoms with Crippen molar-refractivity contribution in [2.45, 2.75) is 51.7 Å². The van der Waals surface area contributed by atoms with E-state index in [2.05, 4.69) is 5.32 Å². The summed E-state index contributed by atoms with van der Waals surface area (Å²) < 4.78 is 5.17. The van der Waals surface area contributed by atoms with Gasteiger partial charge in [-0.05, 0) is 62.9 Å². The number of carbonyl (C=O) groups excluding carboxylic acids is 2. The van der Waals surface area contributed by atoms with Crippen molar-refractivity contribution in [3.8, 4) is 0 Å². The van der Waals surface area contributed by atoms with Gasteiger partial charge < -0.3 is 14.8 Å². The molecular weight excluding hydrogens is 262 g/mol. The van der Waals surface area contributed by atoms with Gasteiger partial charge in [-0.25, -0.2) is 4.79 Å². The van der Waals surface area contributed by atoms with Gasteiger partial charge in [-0.3, -0.25) is 0 Å². The maximum atomic E-state index is 11.7. The molecule has 0 saturated carbocycles. The molecule has 1 heterocycles. The number of hydrogen-bond acceptors (Lipinski definition) is 4. The Balaban J connectivity index is 2.54. The highest BCUT2D eigenvalue weighted by Gasteiger charge is 2.28. The van der Waals surface area contributed by atoms with Crippen LogP contribution in [0.1, 0.15) is 39.7 Å². The molecule has 0 aliphatic carbocycles. The molecule has 5 heteroatoms. The third-order valence-electron chi connectivity index (χ3n) is 2.56. The third kappa shape index (κ3) is 5.87. The van der Waals surface area contributed by atoms with Crippen LogP contribution in [-0.2, 0) is 16.0 Å². The van der Waals surface area contributed by atoms with Crippen LogP contribution in [-0.4, -0.2) is 23.5 Å². The largest absolute Gasteiger partial charge is 0.444 e. The van der Waals surface area contributed by atoms with Crippen LogP contribution >= 0.6 is 11.3 Å². The van der Waals surface area contributed by atoms with Crippen LogP contribution in [0.4, 0.5) is 4.79 Å². The Morgan fingerprint density at radius 3 is 2.58 bits per heavy atom. The van der Waals surface area contributed by atoms with E-state index in [-0.39, 0.29) is 0 Å². The summed E-state index contributed by atoms with van der Waals surface area (Å²) in [4.78, 5) is 22.9. The first kappa shape index (κ1) is 15.7. The Morgan fingerprint density at radius 2 is 2.11 bits per heavy atom. The molecule has 1 N–H and O–H groups in total. The lowest BCUT2D eigenvalue weighted by Gasteiger charge is -2.27. The number of rotatable bonds is 5. The molecule has 106 valence electrons. The lowest BCUT2D eigenvalue weighted by molar-refractivity contribution is -0.113. The Kier molecular flexibility index (Phi) is 5.11. The minimum Gasteiger partial charge on any atom is -0.444 e. The molecule has 1 amide bonds. The maximum Gasteiger partial charge on any atom is 0.408 e. The van der Waals surface area contributed by atoms with Crippen molar-refractivity contribution in [1.82, 2.24) is 5.32 Å². The average molecular weight is 283 g/mol. The fourth-order valence-corrected chi connectivity index (χ4v) is 2.23. The average Bonchev–Trinajstić information content (AvgIpc) is 2.76. The topological polar surface area (TPSA) is 55.4 Å². The first-order valence-corrected chi connectivity index (χ1v) is 7.17. The van der Waals surface area contributed by atoms with Gasteiger partial charge in [0.1, 0.15) is 11.9 Å². The van der Waals surface area contributed by atoms with E-state index in [0.29, 0.717) is 6.42 Å². The number of hydrogen-bond donors (Lipinski definition) is 1. The minimum atomic E-state index is -0.899. The van der Waals surface area contributed by atoms with Gasteiger partial charge in [0.05, 0.1) is 5.54 Å². The van der Waals surface area contributed by atoms with E-state index in [4.69, 9.17) is 4.74 Å². The monoisotopic (exact) mass is 283 g/mol. The molecule has 1 unspecified atom stereocenters. The summed E-state index contributed by atoms with van der Waals surface area (Å²) in [6, 6.07) is 2.02. The fourth-order valence-electron chi connectivity index (χ4n) is 1.53. The number of alkyl carbamates (subject to hydrolysis) is 1. The summed E-state index contributed by atoms with van der Waals surface area (Å²) >= 11 is 1.62. The molecule has 4 nitrogen and oxygen atoms in total. The predicted molar refractivity (Wildman–Crippen MR) is 76.5 cm³/mol. The van der Waals surface area contributed by atoms with Gasteiger partial charge in [-0.15, -0.1) is 0 Å². The second-order valence-electron chi connectivity index (χ2n) is 5.79.